The van der Waals surface area contributed by atoms with E-state index < -0.39 is 0 Å². The number of aryl methyl sites for hydroxylation is 1. The van der Waals surface area contributed by atoms with E-state index in [0.29, 0.717) is 18.8 Å². The molecule has 0 spiro atoms. The Kier molecular flexibility index (Phi) is 4.82. The van der Waals surface area contributed by atoms with Gasteiger partial charge in [-0.15, -0.1) is 0 Å². The van der Waals surface area contributed by atoms with E-state index in [2.05, 4.69) is 10.5 Å². The number of hydrogen-bond donors (Lipinski definition) is 1. The lowest BCUT2D eigenvalue weighted by Crippen LogP contribution is -2.31. The zero-order valence-electron chi connectivity index (χ0n) is 10.1. The molecule has 1 aromatic heterocycles. The predicted octanol–water partition coefficient (Wildman–Crippen LogP) is 1.65. The number of rotatable bonds is 6. The highest BCUT2D eigenvalue weighted by Gasteiger charge is 2.08. The molecule has 1 heterocycles. The Morgan fingerprint density at radius 1 is 1.50 bits per heavy atom. The van der Waals surface area contributed by atoms with Crippen LogP contribution in [-0.4, -0.2) is 35.6 Å². The smallest absolute Gasteiger partial charge is 0.224 e. The Morgan fingerprint density at radius 2 is 2.19 bits per heavy atom. The maximum atomic E-state index is 11.6. The van der Waals surface area contributed by atoms with E-state index in [9.17, 15) is 4.79 Å². The van der Waals surface area contributed by atoms with Gasteiger partial charge in [0.1, 0.15) is 5.76 Å². The summed E-state index contributed by atoms with van der Waals surface area (Å²) in [4.78, 5) is 13.5. The van der Waals surface area contributed by atoms with Crippen LogP contribution in [0.4, 0.5) is 5.82 Å². The highest BCUT2D eigenvalue weighted by atomic mass is 16.5. The number of amides is 1. The summed E-state index contributed by atoms with van der Waals surface area (Å²) in [6.45, 7) is 7.91. The van der Waals surface area contributed by atoms with Gasteiger partial charge in [-0.3, -0.25) is 4.79 Å². The molecular weight excluding hydrogens is 206 g/mol. The van der Waals surface area contributed by atoms with Crippen LogP contribution in [0.25, 0.3) is 0 Å². The number of carbonyl (C=O) groups excluding carboxylic acids is 1. The van der Waals surface area contributed by atoms with Gasteiger partial charge < -0.3 is 14.7 Å². The Labute approximate surface area is 95.8 Å². The minimum Gasteiger partial charge on any atom is -0.367 e. The van der Waals surface area contributed by atoms with Crippen LogP contribution in [0.15, 0.2) is 10.6 Å². The van der Waals surface area contributed by atoms with Gasteiger partial charge in [-0.05, 0) is 20.8 Å². The first-order valence-corrected chi connectivity index (χ1v) is 5.62. The van der Waals surface area contributed by atoms with Crippen molar-refractivity contribution in [3.8, 4) is 0 Å². The Morgan fingerprint density at radius 3 is 2.69 bits per heavy atom. The zero-order chi connectivity index (χ0) is 12.0. The van der Waals surface area contributed by atoms with E-state index in [1.807, 2.05) is 31.7 Å². The van der Waals surface area contributed by atoms with Crippen LogP contribution < -0.4 is 5.32 Å². The molecule has 1 aromatic rings. The quantitative estimate of drug-likeness (QED) is 0.799. The molecule has 0 atom stereocenters. The third-order valence-electron chi connectivity index (χ3n) is 2.39. The van der Waals surface area contributed by atoms with Crippen molar-refractivity contribution in [3.05, 3.63) is 11.8 Å². The van der Waals surface area contributed by atoms with E-state index in [1.54, 1.807) is 0 Å². The third kappa shape index (κ3) is 3.56. The molecule has 0 bridgehead atoms. The lowest BCUT2D eigenvalue weighted by atomic mass is 10.3. The van der Waals surface area contributed by atoms with Gasteiger partial charge in [0.2, 0.25) is 5.91 Å². The van der Waals surface area contributed by atoms with Gasteiger partial charge in [0.15, 0.2) is 5.82 Å². The molecule has 0 aliphatic heterocycles. The minimum absolute atomic E-state index is 0.165. The fourth-order valence-electron chi connectivity index (χ4n) is 1.48. The van der Waals surface area contributed by atoms with Crippen LogP contribution >= 0.6 is 0 Å². The van der Waals surface area contributed by atoms with Crippen LogP contribution in [0.1, 0.15) is 26.0 Å². The average molecular weight is 225 g/mol. The third-order valence-corrected chi connectivity index (χ3v) is 2.39. The van der Waals surface area contributed by atoms with Gasteiger partial charge in [0, 0.05) is 32.1 Å². The van der Waals surface area contributed by atoms with Crippen LogP contribution in [0.2, 0.25) is 0 Å². The summed E-state index contributed by atoms with van der Waals surface area (Å²) < 4.78 is 4.90. The SMILES string of the molecule is CCN(CC)C(=O)CCNc1cc(C)on1. The standard InChI is InChI=1S/C11H19N3O2/c1-4-14(5-2)11(15)6-7-12-10-8-9(3)16-13-10/h8H,4-7H2,1-3H3,(H,12,13). The average Bonchev–Trinajstić information content (AvgIpc) is 2.66. The number of hydrogen-bond acceptors (Lipinski definition) is 4. The molecule has 0 radical (unpaired) electrons. The molecule has 16 heavy (non-hydrogen) atoms. The fourth-order valence-corrected chi connectivity index (χ4v) is 1.48. The molecule has 1 N–H and O–H groups in total. The van der Waals surface area contributed by atoms with Crippen molar-refractivity contribution >= 4 is 11.7 Å². The summed E-state index contributed by atoms with van der Waals surface area (Å²) in [5.74, 6) is 1.61. The lowest BCUT2D eigenvalue weighted by Gasteiger charge is -2.18. The van der Waals surface area contributed by atoms with E-state index in [0.717, 1.165) is 18.8 Å². The van der Waals surface area contributed by atoms with Crippen molar-refractivity contribution in [2.45, 2.75) is 27.2 Å². The molecule has 5 nitrogen and oxygen atoms in total. The molecule has 5 heteroatoms. The highest BCUT2D eigenvalue weighted by Crippen LogP contribution is 2.06. The molecule has 0 saturated carbocycles. The molecule has 1 amide bonds. The monoisotopic (exact) mass is 225 g/mol. The molecule has 0 fully saturated rings. The molecule has 1 rings (SSSR count). The summed E-state index contributed by atoms with van der Waals surface area (Å²) >= 11 is 0. The van der Waals surface area contributed by atoms with Gasteiger partial charge in [0.25, 0.3) is 0 Å². The van der Waals surface area contributed by atoms with Crippen LogP contribution in [0.3, 0.4) is 0 Å². The van der Waals surface area contributed by atoms with Gasteiger partial charge in [0.05, 0.1) is 0 Å². The Bertz CT molecular complexity index is 332. The number of aromatic nitrogens is 1. The van der Waals surface area contributed by atoms with E-state index in [-0.39, 0.29) is 5.91 Å². The molecule has 0 unspecified atom stereocenters. The van der Waals surface area contributed by atoms with Crippen LogP contribution in [0, 0.1) is 6.92 Å². The van der Waals surface area contributed by atoms with Crippen molar-refractivity contribution in [1.29, 1.82) is 0 Å². The van der Waals surface area contributed by atoms with E-state index in [1.165, 1.54) is 0 Å². The first-order chi connectivity index (χ1) is 7.67. The van der Waals surface area contributed by atoms with Crippen molar-refractivity contribution in [2.75, 3.05) is 25.0 Å². The molecule has 0 aromatic carbocycles. The summed E-state index contributed by atoms with van der Waals surface area (Å²) in [7, 11) is 0. The van der Waals surface area contributed by atoms with Crippen molar-refractivity contribution in [3.63, 3.8) is 0 Å². The Hall–Kier alpha value is -1.52. The summed E-state index contributed by atoms with van der Waals surface area (Å²) in [5, 5.41) is 6.83. The maximum Gasteiger partial charge on any atom is 0.224 e. The van der Waals surface area contributed by atoms with Gasteiger partial charge in [-0.1, -0.05) is 5.16 Å². The van der Waals surface area contributed by atoms with Crippen LogP contribution in [-0.2, 0) is 4.79 Å². The molecule has 0 aliphatic carbocycles. The summed E-state index contributed by atoms with van der Waals surface area (Å²) in [5.41, 5.74) is 0. The Balaban J connectivity index is 2.27. The second kappa shape index (κ2) is 6.15. The highest BCUT2D eigenvalue weighted by molar-refractivity contribution is 5.76. The largest absolute Gasteiger partial charge is 0.367 e. The number of nitrogens with one attached hydrogen (secondary N) is 1. The molecule has 90 valence electrons. The predicted molar refractivity (Wildman–Crippen MR) is 62.3 cm³/mol. The second-order valence-electron chi connectivity index (χ2n) is 3.57. The van der Waals surface area contributed by atoms with E-state index >= 15 is 0 Å². The summed E-state index contributed by atoms with van der Waals surface area (Å²) in [6.07, 6.45) is 0.480. The van der Waals surface area contributed by atoms with Crippen molar-refractivity contribution in [2.24, 2.45) is 0 Å². The maximum absolute atomic E-state index is 11.6. The summed E-state index contributed by atoms with van der Waals surface area (Å²) in [6, 6.07) is 1.81. The van der Waals surface area contributed by atoms with Gasteiger partial charge in [-0.2, -0.15) is 0 Å². The second-order valence-corrected chi connectivity index (χ2v) is 3.57. The van der Waals surface area contributed by atoms with Crippen molar-refractivity contribution in [1.82, 2.24) is 10.1 Å². The first-order valence-electron chi connectivity index (χ1n) is 5.62. The molecular formula is C11H19N3O2. The lowest BCUT2D eigenvalue weighted by molar-refractivity contribution is -0.130. The molecule has 0 saturated heterocycles. The normalized spacial score (nSPS) is 10.2. The first kappa shape index (κ1) is 12.5. The topological polar surface area (TPSA) is 58.4 Å². The minimum atomic E-state index is 0.165. The fraction of sp³-hybridized carbons (Fsp3) is 0.636. The van der Waals surface area contributed by atoms with Gasteiger partial charge >= 0.3 is 0 Å². The number of anilines is 1. The van der Waals surface area contributed by atoms with E-state index in [4.69, 9.17) is 4.52 Å². The molecule has 0 aliphatic rings. The van der Waals surface area contributed by atoms with Crippen molar-refractivity contribution < 1.29 is 9.32 Å². The van der Waals surface area contributed by atoms with Crippen LogP contribution in [0.5, 0.6) is 0 Å². The number of carbonyl (C=O) groups is 1. The van der Waals surface area contributed by atoms with Gasteiger partial charge in [-0.25, -0.2) is 0 Å². The zero-order valence-corrected chi connectivity index (χ0v) is 10.1. The number of nitrogens with zero attached hydrogens (tertiary/aromatic N) is 2.